The largest absolute Gasteiger partial charge is 0.393 e. The molecular formula is C33H48N2O2S. The number of aryl methyl sites for hydroxylation is 1. The van der Waals surface area contributed by atoms with Crippen LogP contribution in [0.3, 0.4) is 0 Å². The molecule has 4 aliphatic rings. The Morgan fingerprint density at radius 3 is 2.45 bits per heavy atom. The Morgan fingerprint density at radius 2 is 1.68 bits per heavy atom. The molecule has 0 spiro atoms. The van der Waals surface area contributed by atoms with Crippen molar-refractivity contribution in [3.05, 3.63) is 35.3 Å². The second kappa shape index (κ2) is 10.3. The standard InChI is InChI=1S/C33H48N2O2S/c1-5-23-27-19-22(36)15-17-33(27,4)26-16-18-32(3)24(12-13-25(32)29(26)30(23)37)20(2)11-14-28-34-35-31(38-28)21-9-7-6-8-10-21/h6-10,20,22-27,29-30,36-37H,5,11-19H2,1-4H3/t20-,22-,23-,24-,25+,26+,27+,29+,30-,32-,33-/m1/s1. The minimum absolute atomic E-state index is 0.173. The molecule has 208 valence electrons. The lowest BCUT2D eigenvalue weighted by atomic mass is 9.41. The average Bonchev–Trinajstić information content (AvgIpc) is 3.53. The summed E-state index contributed by atoms with van der Waals surface area (Å²) >= 11 is 1.75. The summed E-state index contributed by atoms with van der Waals surface area (Å²) in [6.07, 6.45) is 11.0. The van der Waals surface area contributed by atoms with Gasteiger partial charge in [0.25, 0.3) is 0 Å². The number of fused-ring (bicyclic) bond motifs is 5. The molecule has 2 N–H and O–H groups in total. The molecule has 11 atom stereocenters. The number of hydrogen-bond donors (Lipinski definition) is 2. The van der Waals surface area contributed by atoms with Gasteiger partial charge in [-0.05, 0) is 104 Å². The molecule has 0 radical (unpaired) electrons. The van der Waals surface area contributed by atoms with Crippen LogP contribution in [0.5, 0.6) is 0 Å². The Balaban J connectivity index is 1.17. The summed E-state index contributed by atoms with van der Waals surface area (Å²) < 4.78 is 0. The predicted molar refractivity (Wildman–Crippen MR) is 155 cm³/mol. The van der Waals surface area contributed by atoms with E-state index in [0.717, 1.165) is 53.6 Å². The number of aliphatic hydroxyl groups is 2. The van der Waals surface area contributed by atoms with Crippen molar-refractivity contribution in [3.8, 4) is 10.6 Å². The van der Waals surface area contributed by atoms with Gasteiger partial charge in [-0.2, -0.15) is 0 Å². The number of hydrogen-bond acceptors (Lipinski definition) is 5. The maximum atomic E-state index is 11.9. The highest BCUT2D eigenvalue weighted by Crippen LogP contribution is 2.69. The zero-order valence-corrected chi connectivity index (χ0v) is 24.7. The Bertz CT molecular complexity index is 1110. The van der Waals surface area contributed by atoms with Crippen LogP contribution in [0.1, 0.15) is 90.5 Å². The van der Waals surface area contributed by atoms with E-state index in [1.54, 1.807) is 11.3 Å². The van der Waals surface area contributed by atoms with E-state index in [-0.39, 0.29) is 17.6 Å². The molecule has 4 aliphatic carbocycles. The van der Waals surface area contributed by atoms with Gasteiger partial charge in [0.1, 0.15) is 10.0 Å². The summed E-state index contributed by atoms with van der Waals surface area (Å²) in [6.45, 7) is 9.88. The summed E-state index contributed by atoms with van der Waals surface area (Å²) in [5, 5.41) is 33.7. The fourth-order valence-corrected chi connectivity index (χ4v) is 11.4. The summed E-state index contributed by atoms with van der Waals surface area (Å²) in [4.78, 5) is 0. The van der Waals surface area contributed by atoms with Crippen LogP contribution in [-0.4, -0.2) is 32.6 Å². The van der Waals surface area contributed by atoms with Gasteiger partial charge >= 0.3 is 0 Å². The van der Waals surface area contributed by atoms with E-state index in [0.29, 0.717) is 40.9 Å². The van der Waals surface area contributed by atoms with Crippen molar-refractivity contribution < 1.29 is 10.2 Å². The van der Waals surface area contributed by atoms with Crippen molar-refractivity contribution in [1.29, 1.82) is 0 Å². The van der Waals surface area contributed by atoms with Crippen molar-refractivity contribution in [2.45, 2.75) is 104 Å². The zero-order chi connectivity index (χ0) is 26.7. The summed E-state index contributed by atoms with van der Waals surface area (Å²) in [5.41, 5.74) is 1.77. The molecule has 5 heteroatoms. The lowest BCUT2D eigenvalue weighted by molar-refractivity contribution is -0.203. The van der Waals surface area contributed by atoms with Crippen molar-refractivity contribution in [2.75, 3.05) is 0 Å². The minimum atomic E-state index is -0.204. The van der Waals surface area contributed by atoms with Gasteiger partial charge in [0, 0.05) is 12.0 Å². The Kier molecular flexibility index (Phi) is 7.27. The van der Waals surface area contributed by atoms with Gasteiger partial charge < -0.3 is 10.2 Å². The molecule has 4 nitrogen and oxygen atoms in total. The molecule has 0 aliphatic heterocycles. The molecular weight excluding hydrogens is 488 g/mol. The fourth-order valence-electron chi connectivity index (χ4n) is 10.5. The molecule has 0 bridgehead atoms. The van der Waals surface area contributed by atoms with Gasteiger partial charge in [0.2, 0.25) is 0 Å². The van der Waals surface area contributed by atoms with Crippen LogP contribution in [0.2, 0.25) is 0 Å². The van der Waals surface area contributed by atoms with Crippen LogP contribution in [0, 0.1) is 52.3 Å². The Hall–Kier alpha value is -1.30. The fraction of sp³-hybridized carbons (Fsp3) is 0.758. The molecule has 38 heavy (non-hydrogen) atoms. The van der Waals surface area contributed by atoms with Crippen molar-refractivity contribution >= 4 is 11.3 Å². The van der Waals surface area contributed by atoms with Crippen LogP contribution < -0.4 is 0 Å². The van der Waals surface area contributed by atoms with Crippen LogP contribution >= 0.6 is 11.3 Å². The topological polar surface area (TPSA) is 66.2 Å². The second-order valence-corrected chi connectivity index (χ2v) is 15.1. The van der Waals surface area contributed by atoms with E-state index in [1.807, 2.05) is 6.07 Å². The van der Waals surface area contributed by atoms with E-state index in [4.69, 9.17) is 0 Å². The molecule has 1 aromatic carbocycles. The molecule has 1 heterocycles. The highest BCUT2D eigenvalue weighted by molar-refractivity contribution is 7.14. The van der Waals surface area contributed by atoms with Crippen LogP contribution in [0.15, 0.2) is 30.3 Å². The molecule has 4 saturated carbocycles. The monoisotopic (exact) mass is 536 g/mol. The molecule has 0 saturated heterocycles. The highest BCUT2D eigenvalue weighted by atomic mass is 32.1. The third-order valence-corrected chi connectivity index (χ3v) is 13.5. The van der Waals surface area contributed by atoms with Crippen molar-refractivity contribution in [2.24, 2.45) is 52.3 Å². The van der Waals surface area contributed by atoms with Gasteiger partial charge in [0.05, 0.1) is 12.2 Å². The Labute approximate surface area is 233 Å². The number of benzene rings is 1. The first-order valence-corrected chi connectivity index (χ1v) is 16.3. The van der Waals surface area contributed by atoms with Crippen LogP contribution in [0.4, 0.5) is 0 Å². The smallest absolute Gasteiger partial charge is 0.147 e. The number of nitrogens with zero attached hydrogens (tertiary/aromatic N) is 2. The minimum Gasteiger partial charge on any atom is -0.393 e. The van der Waals surface area contributed by atoms with Crippen molar-refractivity contribution in [1.82, 2.24) is 10.2 Å². The normalized spacial score (nSPS) is 43.2. The molecule has 0 amide bonds. The first kappa shape index (κ1) is 26.9. The lowest BCUT2D eigenvalue weighted by Gasteiger charge is -2.64. The van der Waals surface area contributed by atoms with Crippen LogP contribution in [-0.2, 0) is 6.42 Å². The van der Waals surface area contributed by atoms with E-state index >= 15 is 0 Å². The maximum absolute atomic E-state index is 11.9. The van der Waals surface area contributed by atoms with Gasteiger partial charge in [-0.1, -0.05) is 75.8 Å². The molecule has 4 fully saturated rings. The SMILES string of the molecule is CC[C@H]1[C@@H](O)[C@@H]2[C@H](CC[C@]3(C)[C@@H]([C@H](C)CCc4nnc(-c5ccccc5)s4)CC[C@@H]23)[C@@]2(C)CC[C@@H](O)C[C@@H]12. The third-order valence-electron chi connectivity index (χ3n) is 12.5. The van der Waals surface area contributed by atoms with E-state index in [1.165, 1.54) is 32.1 Å². The summed E-state index contributed by atoms with van der Waals surface area (Å²) in [7, 11) is 0. The molecule has 1 aromatic heterocycles. The van der Waals surface area contributed by atoms with E-state index in [2.05, 4.69) is 62.2 Å². The van der Waals surface area contributed by atoms with E-state index < -0.39 is 0 Å². The molecule has 6 rings (SSSR count). The second-order valence-electron chi connectivity index (χ2n) is 14.0. The lowest BCUT2D eigenvalue weighted by Crippen LogP contribution is -2.62. The number of aliphatic hydroxyl groups excluding tert-OH is 2. The summed E-state index contributed by atoms with van der Waals surface area (Å²) in [6, 6.07) is 10.4. The molecule has 2 aromatic rings. The van der Waals surface area contributed by atoms with Crippen molar-refractivity contribution in [3.63, 3.8) is 0 Å². The zero-order valence-electron chi connectivity index (χ0n) is 23.9. The predicted octanol–water partition coefficient (Wildman–Crippen LogP) is 7.40. The van der Waals surface area contributed by atoms with Gasteiger partial charge in [-0.3, -0.25) is 0 Å². The number of rotatable bonds is 6. The Morgan fingerprint density at radius 1 is 0.947 bits per heavy atom. The van der Waals surface area contributed by atoms with Gasteiger partial charge in [-0.15, -0.1) is 10.2 Å². The first-order valence-electron chi connectivity index (χ1n) is 15.5. The third kappa shape index (κ3) is 4.30. The van der Waals surface area contributed by atoms with Gasteiger partial charge in [-0.25, -0.2) is 0 Å². The molecule has 0 unspecified atom stereocenters. The number of aromatic nitrogens is 2. The maximum Gasteiger partial charge on any atom is 0.147 e. The quantitative estimate of drug-likeness (QED) is 0.404. The first-order chi connectivity index (χ1) is 18.3. The van der Waals surface area contributed by atoms with E-state index in [9.17, 15) is 10.2 Å². The summed E-state index contributed by atoms with van der Waals surface area (Å²) in [5.74, 6) is 3.87. The highest BCUT2D eigenvalue weighted by Gasteiger charge is 2.64. The van der Waals surface area contributed by atoms with Crippen LogP contribution in [0.25, 0.3) is 10.6 Å². The average molecular weight is 537 g/mol. The van der Waals surface area contributed by atoms with Gasteiger partial charge in [0.15, 0.2) is 0 Å².